The molecule has 11 heavy (non-hydrogen) atoms. The molecule has 0 unspecified atom stereocenters. The minimum absolute atomic E-state index is 0. The summed E-state index contributed by atoms with van der Waals surface area (Å²) < 4.78 is 0.833. The van der Waals surface area contributed by atoms with Gasteiger partial charge in [0, 0.05) is 19.1 Å². The van der Waals surface area contributed by atoms with Crippen LogP contribution in [-0.4, -0.2) is 0 Å². The Morgan fingerprint density at radius 3 is 2.09 bits per heavy atom. The van der Waals surface area contributed by atoms with E-state index in [9.17, 15) is 5.21 Å². The average Bonchev–Trinajstić information content (AvgIpc) is 1.77. The van der Waals surface area contributed by atoms with Crippen LogP contribution in [0.4, 0.5) is 0 Å². The number of aryl methyl sites for hydroxylation is 1. The third-order valence-corrected chi connectivity index (χ3v) is 1.02. The molecule has 5 heteroatoms. The second-order valence-electron chi connectivity index (χ2n) is 1.67. The molecule has 0 aliphatic heterocycles. The van der Waals surface area contributed by atoms with Gasteiger partial charge in [0.2, 0.25) is 0 Å². The fraction of sp³-hybridized carbons (Fsp3) is 0.167. The van der Waals surface area contributed by atoms with Gasteiger partial charge in [-0.25, -0.2) is 0 Å². The molecule has 0 aliphatic rings. The Bertz CT molecular complexity index is 177. The minimum Gasteiger partial charge on any atom is -1.00 e. The fourth-order valence-corrected chi connectivity index (χ4v) is 0.514. The van der Waals surface area contributed by atoms with Crippen molar-refractivity contribution in [3.8, 4) is 0 Å². The first-order chi connectivity index (χ1) is 3.80. The summed E-state index contributed by atoms with van der Waals surface area (Å²) >= 11 is 0. The third kappa shape index (κ3) is 5.70. The van der Waals surface area contributed by atoms with Crippen LogP contribution in [0.25, 0.3) is 0 Å². The van der Waals surface area contributed by atoms with Gasteiger partial charge < -0.3 is 30.0 Å². The summed E-state index contributed by atoms with van der Waals surface area (Å²) in [5.41, 5.74) is 0.729. The molecule has 0 spiro atoms. The molecule has 2 nitrogen and oxygen atoms in total. The number of nitrogens with zero attached hydrogens (tertiary/aromatic N) is 1. The van der Waals surface area contributed by atoms with E-state index in [-0.39, 0.29) is 52.5 Å². The minimum atomic E-state index is 0. The standard InChI is InChI=1S/C6H7NO.2ClH.Hg/c1-6-4-2-3-5-7(6)8;;;/h2-5H,1H3;2*1H;/q;;;+2/p-2. The van der Waals surface area contributed by atoms with Gasteiger partial charge in [0.1, 0.15) is 0 Å². The maximum Gasteiger partial charge on any atom is 2.00 e. The molecular weight excluding hydrogens is 374 g/mol. The summed E-state index contributed by atoms with van der Waals surface area (Å²) in [6.07, 6.45) is 1.48. The van der Waals surface area contributed by atoms with Crippen molar-refractivity contribution in [3.63, 3.8) is 0 Å². The molecule has 1 rings (SSSR count). The van der Waals surface area contributed by atoms with E-state index in [1.807, 2.05) is 6.07 Å². The first-order valence-electron chi connectivity index (χ1n) is 2.45. The summed E-state index contributed by atoms with van der Waals surface area (Å²) in [4.78, 5) is 0. The van der Waals surface area contributed by atoms with Gasteiger partial charge in [-0.05, 0) is 0 Å². The van der Waals surface area contributed by atoms with Crippen molar-refractivity contribution in [1.29, 1.82) is 0 Å². The summed E-state index contributed by atoms with van der Waals surface area (Å²) in [7, 11) is 0. The quantitative estimate of drug-likeness (QED) is 0.251. The molecule has 0 N–H and O–H groups in total. The Morgan fingerprint density at radius 1 is 1.27 bits per heavy atom. The zero-order chi connectivity index (χ0) is 5.98. The molecule has 0 aromatic carbocycles. The molecule has 1 aromatic rings. The summed E-state index contributed by atoms with van der Waals surface area (Å²) in [6, 6.07) is 5.32. The van der Waals surface area contributed by atoms with Crippen LogP contribution in [0.2, 0.25) is 0 Å². The largest absolute Gasteiger partial charge is 2.00 e. The van der Waals surface area contributed by atoms with Gasteiger partial charge in [-0.1, -0.05) is 6.07 Å². The SMILES string of the molecule is Cc1cccc[n+]1[O-].[Cl-].[Cl-].[Hg+2]. The van der Waals surface area contributed by atoms with Crippen LogP contribution in [-0.2, 0) is 27.7 Å². The number of rotatable bonds is 0. The van der Waals surface area contributed by atoms with Crippen molar-refractivity contribution >= 4 is 0 Å². The molecule has 1 aromatic heterocycles. The Morgan fingerprint density at radius 2 is 1.82 bits per heavy atom. The number of hydrogen-bond donors (Lipinski definition) is 0. The first-order valence-corrected chi connectivity index (χ1v) is 2.45. The number of pyridine rings is 1. The van der Waals surface area contributed by atoms with Crippen LogP contribution in [0.15, 0.2) is 24.4 Å². The smallest absolute Gasteiger partial charge is 1.00 e. The van der Waals surface area contributed by atoms with Gasteiger partial charge in [0.15, 0.2) is 11.9 Å². The monoisotopic (exact) mass is 381 g/mol. The average molecular weight is 381 g/mol. The van der Waals surface area contributed by atoms with Crippen LogP contribution in [0.3, 0.4) is 0 Å². The van der Waals surface area contributed by atoms with Crippen molar-refractivity contribution < 1.29 is 57.2 Å². The number of halogens is 2. The van der Waals surface area contributed by atoms with Crippen LogP contribution in [0, 0.1) is 12.1 Å². The van der Waals surface area contributed by atoms with E-state index in [1.54, 1.807) is 19.1 Å². The van der Waals surface area contributed by atoms with E-state index in [1.165, 1.54) is 6.20 Å². The van der Waals surface area contributed by atoms with E-state index in [2.05, 4.69) is 0 Å². The van der Waals surface area contributed by atoms with E-state index in [0.717, 1.165) is 10.4 Å². The molecule has 0 atom stereocenters. The molecule has 0 amide bonds. The second-order valence-corrected chi connectivity index (χ2v) is 1.67. The summed E-state index contributed by atoms with van der Waals surface area (Å²) in [6.45, 7) is 1.77. The molecule has 1 heterocycles. The fourth-order valence-electron chi connectivity index (χ4n) is 0.514. The molecule has 0 aliphatic carbocycles. The van der Waals surface area contributed by atoms with E-state index < -0.39 is 0 Å². The molecule has 0 saturated carbocycles. The van der Waals surface area contributed by atoms with Gasteiger partial charge in [-0.2, -0.15) is 4.73 Å². The van der Waals surface area contributed by atoms with E-state index >= 15 is 0 Å². The van der Waals surface area contributed by atoms with E-state index in [4.69, 9.17) is 0 Å². The van der Waals surface area contributed by atoms with Crippen LogP contribution in [0.5, 0.6) is 0 Å². The first kappa shape index (κ1) is 17.5. The maximum atomic E-state index is 10.5. The molecule has 0 saturated heterocycles. The topological polar surface area (TPSA) is 26.9 Å². The van der Waals surface area contributed by atoms with Crippen molar-refractivity contribution in [2.24, 2.45) is 0 Å². The Labute approximate surface area is 98.9 Å². The van der Waals surface area contributed by atoms with Crippen molar-refractivity contribution in [3.05, 3.63) is 35.3 Å². The van der Waals surface area contributed by atoms with Crippen molar-refractivity contribution in [2.75, 3.05) is 0 Å². The van der Waals surface area contributed by atoms with Gasteiger partial charge in [0.25, 0.3) is 0 Å². The van der Waals surface area contributed by atoms with Crippen molar-refractivity contribution in [2.45, 2.75) is 6.92 Å². The van der Waals surface area contributed by atoms with E-state index in [0.29, 0.717) is 0 Å². The van der Waals surface area contributed by atoms with Crippen molar-refractivity contribution in [1.82, 2.24) is 0 Å². The normalized spacial score (nSPS) is 6.64. The molecule has 0 fully saturated rings. The molecule has 0 bridgehead atoms. The van der Waals surface area contributed by atoms with Crippen LogP contribution < -0.4 is 29.5 Å². The molecule has 0 radical (unpaired) electrons. The Kier molecular flexibility index (Phi) is 13.6. The van der Waals surface area contributed by atoms with Gasteiger partial charge >= 0.3 is 27.7 Å². The predicted molar refractivity (Wildman–Crippen MR) is 30.1 cm³/mol. The number of aromatic nitrogens is 1. The molecule has 58 valence electrons. The van der Waals surface area contributed by atoms with Gasteiger partial charge in [0.05, 0.1) is 0 Å². The van der Waals surface area contributed by atoms with Crippen LogP contribution in [0.1, 0.15) is 5.69 Å². The Hall–Kier alpha value is 0.465. The zero-order valence-electron chi connectivity index (χ0n) is 6.13. The van der Waals surface area contributed by atoms with Crippen LogP contribution >= 0.6 is 0 Å². The predicted octanol–water partition coefficient (Wildman–Crippen LogP) is -5.37. The maximum absolute atomic E-state index is 10.5. The molecular formula is C6H7Cl2HgNO. The number of hydrogen-bond acceptors (Lipinski definition) is 1. The Balaban J connectivity index is -0.000000213. The second kappa shape index (κ2) is 8.56. The summed E-state index contributed by atoms with van der Waals surface area (Å²) in [5, 5.41) is 10.5. The zero-order valence-corrected chi connectivity index (χ0v) is 13.1. The van der Waals surface area contributed by atoms with Gasteiger partial charge in [-0.15, -0.1) is 0 Å². The van der Waals surface area contributed by atoms with Gasteiger partial charge in [-0.3, -0.25) is 0 Å². The summed E-state index contributed by atoms with van der Waals surface area (Å²) in [5.74, 6) is 0. The third-order valence-electron chi connectivity index (χ3n) is 1.02.